The van der Waals surface area contributed by atoms with Crippen LogP contribution < -0.4 is 0 Å². The van der Waals surface area contributed by atoms with E-state index in [-0.39, 0.29) is 39.1 Å². The first kappa shape index (κ1) is 20.9. The molecule has 0 aromatic rings. The third kappa shape index (κ3) is 3.34. The molecule has 5 heteroatoms. The van der Waals surface area contributed by atoms with Crippen LogP contribution >= 0.6 is 11.8 Å². The molecule has 0 aromatic carbocycles. The van der Waals surface area contributed by atoms with Crippen LogP contribution in [-0.4, -0.2) is 28.2 Å². The molecule has 158 valence electrons. The Labute approximate surface area is 177 Å². The van der Waals surface area contributed by atoms with Gasteiger partial charge in [-0.2, -0.15) is 0 Å². The molecule has 2 fully saturated rings. The van der Waals surface area contributed by atoms with Gasteiger partial charge in [0.15, 0.2) is 10.9 Å². The summed E-state index contributed by atoms with van der Waals surface area (Å²) in [6.45, 7) is 8.06. The van der Waals surface area contributed by atoms with Crippen LogP contribution in [0.25, 0.3) is 0 Å². The van der Waals surface area contributed by atoms with Crippen molar-refractivity contribution in [3.05, 3.63) is 23.3 Å². The fourth-order valence-corrected chi connectivity index (χ4v) is 7.69. The molecule has 6 atom stereocenters. The molecule has 0 N–H and O–H groups in total. The zero-order valence-corrected chi connectivity index (χ0v) is 18.8. The van der Waals surface area contributed by atoms with Crippen LogP contribution in [0.3, 0.4) is 0 Å². The van der Waals surface area contributed by atoms with E-state index in [1.807, 2.05) is 13.0 Å². The lowest BCUT2D eigenvalue weighted by Gasteiger charge is -2.55. The van der Waals surface area contributed by atoms with Gasteiger partial charge in [-0.1, -0.05) is 49.8 Å². The zero-order valence-electron chi connectivity index (χ0n) is 18.0. The van der Waals surface area contributed by atoms with Gasteiger partial charge in [-0.25, -0.2) is 0 Å². The fourth-order valence-electron chi connectivity index (χ4n) is 6.52. The maximum Gasteiger partial charge on any atom is 0.305 e. The number of fused-ring (bicyclic) bond motifs is 5. The van der Waals surface area contributed by atoms with Gasteiger partial charge in [0.2, 0.25) is 0 Å². The van der Waals surface area contributed by atoms with Crippen LogP contribution in [0.2, 0.25) is 0 Å². The molecule has 0 saturated heterocycles. The third-order valence-electron chi connectivity index (χ3n) is 8.13. The van der Waals surface area contributed by atoms with Crippen molar-refractivity contribution < 1.29 is 19.1 Å². The minimum atomic E-state index is -0.118. The number of hydrogen-bond donors (Lipinski definition) is 0. The highest BCUT2D eigenvalue weighted by molar-refractivity contribution is 8.14. The maximum atomic E-state index is 12.1. The standard InChI is InChI=1S/C24H32O4S/c1-5-21(27)28-20-7-6-17-22-18(9-11-24(17,20)4)23(3)10-8-16(26)12-15(23)13-19(22)29-14(2)25/h9,12,17,19-20,22H,5-8,10-11,13H2,1-4H3/t17?,19-,20+,22?,23+,24+/m1/s1. The Morgan fingerprint density at radius 1 is 1.28 bits per heavy atom. The lowest BCUT2D eigenvalue weighted by molar-refractivity contribution is -0.155. The van der Waals surface area contributed by atoms with Crippen molar-refractivity contribution in [2.24, 2.45) is 22.7 Å². The number of esters is 1. The summed E-state index contributed by atoms with van der Waals surface area (Å²) in [5.74, 6) is 0.817. The minimum Gasteiger partial charge on any atom is -0.462 e. The highest BCUT2D eigenvalue weighted by Gasteiger charge is 2.59. The Hall–Kier alpha value is -1.36. The minimum absolute atomic E-state index is 0.0431. The first-order valence-electron chi connectivity index (χ1n) is 11.0. The summed E-state index contributed by atoms with van der Waals surface area (Å²) in [5, 5.41) is 0.300. The Morgan fingerprint density at radius 3 is 2.72 bits per heavy atom. The predicted molar refractivity (Wildman–Crippen MR) is 114 cm³/mol. The average Bonchev–Trinajstić information content (AvgIpc) is 2.99. The molecule has 4 rings (SSSR count). The molecule has 4 nitrogen and oxygen atoms in total. The van der Waals surface area contributed by atoms with Crippen molar-refractivity contribution in [2.75, 3.05) is 0 Å². The van der Waals surface area contributed by atoms with Gasteiger partial charge in [-0.05, 0) is 50.0 Å². The van der Waals surface area contributed by atoms with E-state index in [1.54, 1.807) is 6.92 Å². The van der Waals surface area contributed by atoms with Crippen molar-refractivity contribution in [3.63, 3.8) is 0 Å². The summed E-state index contributed by atoms with van der Waals surface area (Å²) in [6.07, 6.45) is 9.73. The molecule has 29 heavy (non-hydrogen) atoms. The van der Waals surface area contributed by atoms with Crippen LogP contribution in [0.4, 0.5) is 0 Å². The molecule has 0 amide bonds. The van der Waals surface area contributed by atoms with Crippen molar-refractivity contribution in [2.45, 2.75) is 84.0 Å². The topological polar surface area (TPSA) is 60.4 Å². The number of thioether (sulfide) groups is 1. The van der Waals surface area contributed by atoms with Crippen LogP contribution in [0.15, 0.2) is 23.3 Å². The number of carbonyl (C=O) groups excluding carboxylic acids is 3. The molecule has 0 radical (unpaired) electrons. The van der Waals surface area contributed by atoms with Gasteiger partial charge in [0.05, 0.1) is 0 Å². The second kappa shape index (κ2) is 7.40. The van der Waals surface area contributed by atoms with E-state index in [4.69, 9.17) is 4.74 Å². The number of carbonyl (C=O) groups is 3. The van der Waals surface area contributed by atoms with Crippen molar-refractivity contribution in [1.29, 1.82) is 0 Å². The number of rotatable bonds is 3. The van der Waals surface area contributed by atoms with E-state index in [9.17, 15) is 14.4 Å². The highest BCUT2D eigenvalue weighted by atomic mass is 32.2. The van der Waals surface area contributed by atoms with E-state index in [0.29, 0.717) is 24.7 Å². The van der Waals surface area contributed by atoms with Gasteiger partial charge in [-0.15, -0.1) is 0 Å². The van der Waals surface area contributed by atoms with Gasteiger partial charge < -0.3 is 4.74 Å². The van der Waals surface area contributed by atoms with Crippen LogP contribution in [-0.2, 0) is 19.1 Å². The Morgan fingerprint density at radius 2 is 2.03 bits per heavy atom. The van der Waals surface area contributed by atoms with E-state index in [0.717, 1.165) is 32.1 Å². The van der Waals surface area contributed by atoms with E-state index >= 15 is 0 Å². The van der Waals surface area contributed by atoms with Gasteiger partial charge in [-0.3, -0.25) is 14.4 Å². The van der Waals surface area contributed by atoms with E-state index < -0.39 is 0 Å². The lowest BCUT2D eigenvalue weighted by Crippen LogP contribution is -2.50. The molecule has 0 aromatic heterocycles. The summed E-state index contributed by atoms with van der Waals surface area (Å²) in [5.41, 5.74) is 2.51. The van der Waals surface area contributed by atoms with E-state index in [1.165, 1.54) is 22.9 Å². The number of hydrogen-bond acceptors (Lipinski definition) is 5. The normalized spacial score (nSPS) is 40.9. The number of ketones is 1. The van der Waals surface area contributed by atoms with Crippen molar-refractivity contribution in [3.8, 4) is 0 Å². The van der Waals surface area contributed by atoms with Crippen LogP contribution in [0.5, 0.6) is 0 Å². The van der Waals surface area contributed by atoms with Crippen LogP contribution in [0, 0.1) is 22.7 Å². The number of ether oxygens (including phenoxy) is 1. The molecule has 2 unspecified atom stereocenters. The molecular formula is C24H32O4S. The predicted octanol–water partition coefficient (Wildman–Crippen LogP) is 5.02. The zero-order chi connectivity index (χ0) is 21.0. The SMILES string of the molecule is CCC(=O)O[C@H]1CCC2C3C(=CC[C@@]21C)[C@@]1(C)CCC(=O)C=C1C[C@H]3SC(C)=O. The second-order valence-electron chi connectivity index (χ2n) is 9.73. The smallest absolute Gasteiger partial charge is 0.305 e. The lowest BCUT2D eigenvalue weighted by atomic mass is 9.51. The summed E-state index contributed by atoms with van der Waals surface area (Å²) in [7, 11) is 0. The van der Waals surface area contributed by atoms with Crippen molar-refractivity contribution in [1.82, 2.24) is 0 Å². The first-order chi connectivity index (χ1) is 13.7. The molecule has 0 spiro atoms. The van der Waals surface area contributed by atoms with Crippen molar-refractivity contribution >= 4 is 28.6 Å². The van der Waals surface area contributed by atoms with E-state index in [2.05, 4.69) is 19.9 Å². The largest absolute Gasteiger partial charge is 0.462 e. The highest BCUT2D eigenvalue weighted by Crippen LogP contribution is 2.65. The molecule has 4 aliphatic carbocycles. The monoisotopic (exact) mass is 416 g/mol. The summed E-state index contributed by atoms with van der Waals surface area (Å²) in [6, 6.07) is 0. The first-order valence-corrected chi connectivity index (χ1v) is 11.9. The number of allylic oxidation sites excluding steroid dienone is 4. The van der Waals surface area contributed by atoms with Gasteiger partial charge in [0, 0.05) is 35.8 Å². The Bertz CT molecular complexity index is 812. The Balaban J connectivity index is 1.74. The quantitative estimate of drug-likeness (QED) is 0.478. The molecule has 0 bridgehead atoms. The average molecular weight is 417 g/mol. The van der Waals surface area contributed by atoms with Gasteiger partial charge in [0.25, 0.3) is 0 Å². The summed E-state index contributed by atoms with van der Waals surface area (Å²) < 4.78 is 5.88. The summed E-state index contributed by atoms with van der Waals surface area (Å²) in [4.78, 5) is 36.3. The molecular weight excluding hydrogens is 384 g/mol. The second-order valence-corrected chi connectivity index (χ2v) is 11.1. The Kier molecular flexibility index (Phi) is 5.33. The van der Waals surface area contributed by atoms with Gasteiger partial charge >= 0.3 is 5.97 Å². The molecule has 4 aliphatic rings. The molecule has 0 heterocycles. The van der Waals surface area contributed by atoms with Gasteiger partial charge in [0.1, 0.15) is 6.10 Å². The third-order valence-corrected chi connectivity index (χ3v) is 9.23. The molecule has 2 saturated carbocycles. The maximum absolute atomic E-state index is 12.1. The summed E-state index contributed by atoms with van der Waals surface area (Å²) >= 11 is 1.44. The van der Waals surface area contributed by atoms with Crippen LogP contribution in [0.1, 0.15) is 72.6 Å². The fraction of sp³-hybridized carbons (Fsp3) is 0.708. The molecule has 0 aliphatic heterocycles.